The minimum Gasteiger partial charge on any atom is -0.394 e. The van der Waals surface area contributed by atoms with Gasteiger partial charge in [-0.3, -0.25) is 4.79 Å². The van der Waals surface area contributed by atoms with Crippen molar-refractivity contribution in [2.45, 2.75) is 264 Å². The summed E-state index contributed by atoms with van der Waals surface area (Å²) in [6.45, 7) is 4.27. The fraction of sp³-hybridized carbons (Fsp3) is 0.764. The summed E-state index contributed by atoms with van der Waals surface area (Å²) in [5.41, 5.74) is 0. The number of aliphatic hydroxyl groups is 2. The van der Waals surface area contributed by atoms with Crippen molar-refractivity contribution in [2.75, 3.05) is 6.61 Å². The fourth-order valence-corrected chi connectivity index (χ4v) is 7.45. The molecule has 0 aromatic carbocycles. The standard InChI is InChI=1S/C55H99NO3/c1-3-5-7-9-11-13-15-17-19-21-22-23-24-25-26-27-28-29-30-31-32-33-34-35-37-39-41-43-45-47-49-51-55(59)56-53(52-57)54(58)50-48-46-44-42-40-38-36-20-18-16-14-12-10-8-6-4-2/h15,17-18,20-22,24-25,40,42,48,50,53-54,57-58H,3-14,16,19,23,26-39,41,43-47,49,51-52H2,1-2H3,(H,56,59)/b17-15-,20-18+,22-21-,25-24-,42-40+,50-48+. The Morgan fingerprint density at radius 2 is 0.712 bits per heavy atom. The second kappa shape index (κ2) is 50.2. The Morgan fingerprint density at radius 3 is 1.10 bits per heavy atom. The number of amides is 1. The average Bonchev–Trinajstić information content (AvgIpc) is 3.24. The van der Waals surface area contributed by atoms with Crippen molar-refractivity contribution < 1.29 is 15.0 Å². The zero-order chi connectivity index (χ0) is 42.8. The Morgan fingerprint density at radius 1 is 0.407 bits per heavy atom. The molecule has 0 aromatic rings. The number of rotatable bonds is 46. The summed E-state index contributed by atoms with van der Waals surface area (Å²) in [6.07, 6.45) is 71.8. The van der Waals surface area contributed by atoms with Crippen molar-refractivity contribution in [3.05, 3.63) is 72.9 Å². The maximum absolute atomic E-state index is 12.4. The molecule has 0 rings (SSSR count). The van der Waals surface area contributed by atoms with Crippen LogP contribution in [0.1, 0.15) is 251 Å². The number of carbonyl (C=O) groups is 1. The summed E-state index contributed by atoms with van der Waals surface area (Å²) in [7, 11) is 0. The molecule has 59 heavy (non-hydrogen) atoms. The van der Waals surface area contributed by atoms with Gasteiger partial charge in [0.2, 0.25) is 5.91 Å². The van der Waals surface area contributed by atoms with Crippen LogP contribution >= 0.6 is 0 Å². The summed E-state index contributed by atoms with van der Waals surface area (Å²) in [4.78, 5) is 12.4. The highest BCUT2D eigenvalue weighted by Crippen LogP contribution is 2.15. The zero-order valence-corrected chi connectivity index (χ0v) is 39.3. The Bertz CT molecular complexity index is 1020. The first-order valence-corrected chi connectivity index (χ1v) is 25.7. The lowest BCUT2D eigenvalue weighted by atomic mass is 10.0. The molecule has 0 saturated heterocycles. The summed E-state index contributed by atoms with van der Waals surface area (Å²) in [5.74, 6) is -0.0789. The van der Waals surface area contributed by atoms with Crippen LogP contribution < -0.4 is 5.32 Å². The molecule has 4 nitrogen and oxygen atoms in total. The minimum atomic E-state index is -0.872. The minimum absolute atomic E-state index is 0.0789. The molecule has 2 unspecified atom stereocenters. The summed E-state index contributed by atoms with van der Waals surface area (Å²) in [5, 5.41) is 23.0. The van der Waals surface area contributed by atoms with E-state index >= 15 is 0 Å². The third-order valence-corrected chi connectivity index (χ3v) is 11.4. The summed E-state index contributed by atoms with van der Waals surface area (Å²) in [6, 6.07) is -0.647. The van der Waals surface area contributed by atoms with Crippen molar-refractivity contribution in [3.63, 3.8) is 0 Å². The van der Waals surface area contributed by atoms with Crippen LogP contribution in [-0.2, 0) is 4.79 Å². The van der Waals surface area contributed by atoms with Gasteiger partial charge in [0.1, 0.15) is 0 Å². The van der Waals surface area contributed by atoms with Crippen LogP contribution in [0.5, 0.6) is 0 Å². The molecule has 0 radical (unpaired) electrons. The normalized spacial score (nSPS) is 13.5. The van der Waals surface area contributed by atoms with Crippen molar-refractivity contribution in [3.8, 4) is 0 Å². The first kappa shape index (κ1) is 56.8. The maximum atomic E-state index is 12.4. The molecule has 0 fully saturated rings. The molecule has 0 aliphatic carbocycles. The molecular weight excluding hydrogens is 723 g/mol. The van der Waals surface area contributed by atoms with Gasteiger partial charge in [-0.2, -0.15) is 0 Å². The molecule has 4 heteroatoms. The van der Waals surface area contributed by atoms with E-state index in [1.807, 2.05) is 6.08 Å². The van der Waals surface area contributed by atoms with Crippen LogP contribution in [0.2, 0.25) is 0 Å². The first-order chi connectivity index (χ1) is 29.2. The van der Waals surface area contributed by atoms with Crippen molar-refractivity contribution >= 4 is 5.91 Å². The smallest absolute Gasteiger partial charge is 0.220 e. The maximum Gasteiger partial charge on any atom is 0.220 e. The van der Waals surface area contributed by atoms with E-state index in [1.54, 1.807) is 6.08 Å². The Kier molecular flexibility index (Phi) is 48.3. The topological polar surface area (TPSA) is 69.6 Å². The van der Waals surface area contributed by atoms with Gasteiger partial charge < -0.3 is 15.5 Å². The highest BCUT2D eigenvalue weighted by Gasteiger charge is 2.17. The molecule has 2 atom stereocenters. The van der Waals surface area contributed by atoms with Crippen LogP contribution in [0, 0.1) is 0 Å². The van der Waals surface area contributed by atoms with Crippen LogP contribution in [0.3, 0.4) is 0 Å². The number of aliphatic hydroxyl groups excluding tert-OH is 2. The highest BCUT2D eigenvalue weighted by molar-refractivity contribution is 5.76. The van der Waals surface area contributed by atoms with Gasteiger partial charge in [-0.05, 0) is 83.5 Å². The van der Waals surface area contributed by atoms with Crippen LogP contribution in [0.25, 0.3) is 0 Å². The predicted molar refractivity (Wildman–Crippen MR) is 262 cm³/mol. The lowest BCUT2D eigenvalue weighted by Gasteiger charge is -2.19. The quantitative estimate of drug-likeness (QED) is 0.0423. The summed E-state index contributed by atoms with van der Waals surface area (Å²) >= 11 is 0. The molecule has 0 aromatic heterocycles. The van der Waals surface area contributed by atoms with Gasteiger partial charge in [-0.15, -0.1) is 0 Å². The molecule has 0 aliphatic heterocycles. The number of nitrogens with one attached hydrogen (secondary N) is 1. The van der Waals surface area contributed by atoms with Gasteiger partial charge >= 0.3 is 0 Å². The molecule has 0 saturated carbocycles. The predicted octanol–water partition coefficient (Wildman–Crippen LogP) is 16.6. The van der Waals surface area contributed by atoms with E-state index in [0.717, 1.165) is 51.4 Å². The van der Waals surface area contributed by atoms with Crippen molar-refractivity contribution in [1.82, 2.24) is 5.32 Å². The molecule has 0 bridgehead atoms. The average molecular weight is 822 g/mol. The van der Waals surface area contributed by atoms with Gasteiger partial charge in [-0.25, -0.2) is 0 Å². The Balaban J connectivity index is 3.54. The van der Waals surface area contributed by atoms with Crippen LogP contribution in [0.4, 0.5) is 0 Å². The zero-order valence-electron chi connectivity index (χ0n) is 39.3. The van der Waals surface area contributed by atoms with E-state index in [4.69, 9.17) is 0 Å². The second-order valence-electron chi connectivity index (χ2n) is 17.2. The third-order valence-electron chi connectivity index (χ3n) is 11.4. The number of unbranched alkanes of at least 4 members (excludes halogenated alkanes) is 29. The molecule has 3 N–H and O–H groups in total. The van der Waals surface area contributed by atoms with E-state index in [9.17, 15) is 15.0 Å². The van der Waals surface area contributed by atoms with Gasteiger partial charge in [-0.1, -0.05) is 234 Å². The first-order valence-electron chi connectivity index (χ1n) is 25.7. The molecule has 0 aliphatic rings. The summed E-state index contributed by atoms with van der Waals surface area (Å²) < 4.78 is 0. The monoisotopic (exact) mass is 822 g/mol. The van der Waals surface area contributed by atoms with Gasteiger partial charge in [0.05, 0.1) is 18.8 Å². The largest absolute Gasteiger partial charge is 0.394 e. The van der Waals surface area contributed by atoms with E-state index in [1.165, 1.54) is 180 Å². The van der Waals surface area contributed by atoms with Gasteiger partial charge in [0, 0.05) is 6.42 Å². The van der Waals surface area contributed by atoms with E-state index in [2.05, 4.69) is 79.9 Å². The Labute approximate surface area is 368 Å². The highest BCUT2D eigenvalue weighted by atomic mass is 16.3. The van der Waals surface area contributed by atoms with Crippen molar-refractivity contribution in [1.29, 1.82) is 0 Å². The number of carbonyl (C=O) groups excluding carboxylic acids is 1. The molecule has 0 spiro atoms. The molecule has 0 heterocycles. The van der Waals surface area contributed by atoms with E-state index in [-0.39, 0.29) is 12.5 Å². The van der Waals surface area contributed by atoms with E-state index in [0.29, 0.717) is 6.42 Å². The van der Waals surface area contributed by atoms with Gasteiger partial charge in [0.25, 0.3) is 0 Å². The lowest BCUT2D eigenvalue weighted by molar-refractivity contribution is -0.123. The molecular formula is C55H99NO3. The fourth-order valence-electron chi connectivity index (χ4n) is 7.45. The van der Waals surface area contributed by atoms with Crippen molar-refractivity contribution in [2.24, 2.45) is 0 Å². The Hall–Kier alpha value is -2.17. The number of hydrogen-bond donors (Lipinski definition) is 3. The SMILES string of the molecule is CCCCCCC/C=C\C/C=C\C/C=C\CCCCCCCCCCCCCCCCCCC(=O)NC(CO)C(O)/C=C/CC/C=C/CC/C=C/CCCCCCCC. The van der Waals surface area contributed by atoms with Crippen LogP contribution in [-0.4, -0.2) is 34.9 Å². The number of allylic oxidation sites excluding steroid dienone is 11. The van der Waals surface area contributed by atoms with E-state index < -0.39 is 12.1 Å². The van der Waals surface area contributed by atoms with Crippen LogP contribution in [0.15, 0.2) is 72.9 Å². The molecule has 342 valence electrons. The molecule has 1 amide bonds. The van der Waals surface area contributed by atoms with Gasteiger partial charge in [0.15, 0.2) is 0 Å². The lowest BCUT2D eigenvalue weighted by Crippen LogP contribution is -2.45. The number of hydrogen-bond acceptors (Lipinski definition) is 3. The second-order valence-corrected chi connectivity index (χ2v) is 17.2. The third kappa shape index (κ3) is 46.7.